The van der Waals surface area contributed by atoms with Gasteiger partial charge < -0.3 is 20.6 Å². The zero-order valence-electron chi connectivity index (χ0n) is 18.4. The number of aliphatic hydroxyl groups is 1. The summed E-state index contributed by atoms with van der Waals surface area (Å²) in [4.78, 5) is 23.7. The number of carbonyl (C=O) groups is 1. The molecule has 1 saturated heterocycles. The molecule has 0 radical (unpaired) electrons. The van der Waals surface area contributed by atoms with Crippen LogP contribution in [0.1, 0.15) is 62.6 Å². The minimum absolute atomic E-state index is 0.0311. The minimum Gasteiger partial charge on any atom is -0.391 e. The molecule has 6 aliphatic rings. The van der Waals surface area contributed by atoms with E-state index in [-0.39, 0.29) is 23.5 Å². The molecule has 31 heavy (non-hydrogen) atoms. The molecule has 4 bridgehead atoms. The normalized spacial score (nSPS) is 37.0. The van der Waals surface area contributed by atoms with Crippen molar-refractivity contribution in [2.24, 2.45) is 23.2 Å². The van der Waals surface area contributed by atoms with Gasteiger partial charge in [0.25, 0.3) is 0 Å². The van der Waals surface area contributed by atoms with Crippen LogP contribution >= 0.6 is 0 Å². The van der Waals surface area contributed by atoms with Gasteiger partial charge in [-0.15, -0.1) is 0 Å². The smallest absolute Gasteiger partial charge is 0.240 e. The van der Waals surface area contributed by atoms with E-state index in [1.807, 2.05) is 4.90 Å². The van der Waals surface area contributed by atoms with Crippen molar-refractivity contribution in [2.75, 3.05) is 25.0 Å². The Morgan fingerprint density at radius 2 is 1.97 bits per heavy atom. The second kappa shape index (κ2) is 7.69. The molecule has 4 saturated carbocycles. The van der Waals surface area contributed by atoms with E-state index in [1.54, 1.807) is 6.33 Å². The second-order valence-electron chi connectivity index (χ2n) is 11.0. The second-order valence-corrected chi connectivity index (χ2v) is 11.0. The van der Waals surface area contributed by atoms with E-state index in [2.05, 4.69) is 20.6 Å². The van der Waals surface area contributed by atoms with Gasteiger partial charge in [-0.25, -0.2) is 9.97 Å². The first-order valence-corrected chi connectivity index (χ1v) is 12.4. The summed E-state index contributed by atoms with van der Waals surface area (Å²) in [5.41, 5.74) is 2.18. The number of nitrogens with zero attached hydrogens (tertiary/aromatic N) is 3. The Morgan fingerprint density at radius 1 is 1.23 bits per heavy atom. The van der Waals surface area contributed by atoms with Crippen LogP contribution in [0.4, 0.5) is 5.82 Å². The quantitative estimate of drug-likeness (QED) is 0.669. The predicted octanol–water partition coefficient (Wildman–Crippen LogP) is 2.10. The number of carbonyl (C=O) groups excluding carboxylic acids is 1. The third kappa shape index (κ3) is 3.54. The summed E-state index contributed by atoms with van der Waals surface area (Å²) in [6, 6.07) is -0.0311. The topological polar surface area (TPSA) is 90.4 Å². The molecular formula is C24H35N5O2. The molecule has 7 nitrogen and oxygen atoms in total. The number of aromatic nitrogens is 2. The number of nitrogens with one attached hydrogen (secondary N) is 2. The highest BCUT2D eigenvalue weighted by Gasteiger charge is 2.53. The van der Waals surface area contributed by atoms with E-state index in [1.165, 1.54) is 38.5 Å². The fraction of sp³-hybridized carbons (Fsp3) is 0.792. The Labute approximate surface area is 184 Å². The summed E-state index contributed by atoms with van der Waals surface area (Å²) >= 11 is 0. The standard InChI is InChI=1S/C24H35N5O2/c30-21(24-9-15-6-16(10-24)8-17(7-15)11-24)12-26-22-18-3-5-29(13-20(18)27-14-28-22)23(31)19-2-1-4-25-19/h14-17,19,21,25,30H,1-13H2,(H,26,27,28)/t15?,16?,17?,19-,21?,24?/m0/s1. The van der Waals surface area contributed by atoms with Crippen LogP contribution in [0.2, 0.25) is 0 Å². The molecule has 0 spiro atoms. The summed E-state index contributed by atoms with van der Waals surface area (Å²) < 4.78 is 0. The number of rotatable bonds is 5. The van der Waals surface area contributed by atoms with Crippen LogP contribution < -0.4 is 10.6 Å². The van der Waals surface area contributed by atoms with Crippen molar-refractivity contribution in [1.82, 2.24) is 20.2 Å². The van der Waals surface area contributed by atoms with E-state index in [4.69, 9.17) is 0 Å². The first-order chi connectivity index (χ1) is 15.1. The Morgan fingerprint density at radius 3 is 2.65 bits per heavy atom. The molecule has 0 aromatic carbocycles. The molecule has 5 fully saturated rings. The molecule has 7 heteroatoms. The summed E-state index contributed by atoms with van der Waals surface area (Å²) in [5, 5.41) is 18.0. The number of fused-ring (bicyclic) bond motifs is 1. The van der Waals surface area contributed by atoms with Gasteiger partial charge in [-0.2, -0.15) is 0 Å². The first-order valence-electron chi connectivity index (χ1n) is 12.4. The fourth-order valence-corrected chi connectivity index (χ4v) is 7.81. The highest BCUT2D eigenvalue weighted by molar-refractivity contribution is 5.82. The molecule has 2 atom stereocenters. The molecule has 1 aromatic rings. The maximum absolute atomic E-state index is 12.8. The largest absolute Gasteiger partial charge is 0.391 e. The Bertz CT molecular complexity index is 817. The third-order valence-electron chi connectivity index (χ3n) is 8.93. The molecule has 1 aromatic heterocycles. The maximum atomic E-state index is 12.8. The van der Waals surface area contributed by atoms with Gasteiger partial charge in [0, 0.05) is 18.7 Å². The Kier molecular flexibility index (Phi) is 4.94. The van der Waals surface area contributed by atoms with Gasteiger partial charge in [-0.3, -0.25) is 4.79 Å². The summed E-state index contributed by atoms with van der Waals surface area (Å²) in [7, 11) is 0. The number of hydrogen-bond acceptors (Lipinski definition) is 6. The lowest BCUT2D eigenvalue weighted by atomic mass is 9.48. The molecule has 1 unspecified atom stereocenters. The van der Waals surface area contributed by atoms with Crippen LogP contribution in [0.15, 0.2) is 6.33 Å². The summed E-state index contributed by atoms with van der Waals surface area (Å²) in [6.45, 7) is 2.76. The van der Waals surface area contributed by atoms with E-state index in [9.17, 15) is 9.90 Å². The molecule has 4 aliphatic carbocycles. The summed E-state index contributed by atoms with van der Waals surface area (Å²) in [5.74, 6) is 3.56. The van der Waals surface area contributed by atoms with Gasteiger partial charge in [0.15, 0.2) is 0 Å². The van der Waals surface area contributed by atoms with Crippen LogP contribution in [0.3, 0.4) is 0 Å². The van der Waals surface area contributed by atoms with Crippen molar-refractivity contribution in [3.05, 3.63) is 17.6 Å². The lowest BCUT2D eigenvalue weighted by Gasteiger charge is -2.58. The van der Waals surface area contributed by atoms with Crippen LogP contribution in [0.5, 0.6) is 0 Å². The molecule has 3 N–H and O–H groups in total. The Balaban J connectivity index is 1.12. The van der Waals surface area contributed by atoms with Crippen molar-refractivity contribution in [3.8, 4) is 0 Å². The third-order valence-corrected chi connectivity index (χ3v) is 8.93. The lowest BCUT2D eigenvalue weighted by molar-refractivity contribution is -0.134. The summed E-state index contributed by atoms with van der Waals surface area (Å²) in [6.07, 6.45) is 11.8. The molecule has 1 amide bonds. The maximum Gasteiger partial charge on any atom is 0.240 e. The fourth-order valence-electron chi connectivity index (χ4n) is 7.81. The Hall–Kier alpha value is -1.73. The predicted molar refractivity (Wildman–Crippen MR) is 117 cm³/mol. The molecule has 3 heterocycles. The molecule has 2 aliphatic heterocycles. The lowest BCUT2D eigenvalue weighted by Crippen LogP contribution is -2.53. The average Bonchev–Trinajstić information content (AvgIpc) is 3.30. The van der Waals surface area contributed by atoms with Crippen LogP contribution in [0.25, 0.3) is 0 Å². The van der Waals surface area contributed by atoms with Gasteiger partial charge in [0.05, 0.1) is 24.4 Å². The van der Waals surface area contributed by atoms with E-state index < -0.39 is 0 Å². The highest BCUT2D eigenvalue weighted by Crippen LogP contribution is 2.61. The van der Waals surface area contributed by atoms with E-state index in [0.717, 1.165) is 60.6 Å². The van der Waals surface area contributed by atoms with Gasteiger partial charge >= 0.3 is 0 Å². The van der Waals surface area contributed by atoms with E-state index in [0.29, 0.717) is 19.6 Å². The van der Waals surface area contributed by atoms with Crippen molar-refractivity contribution >= 4 is 11.7 Å². The number of anilines is 1. The van der Waals surface area contributed by atoms with Crippen molar-refractivity contribution < 1.29 is 9.90 Å². The zero-order valence-corrected chi connectivity index (χ0v) is 18.4. The minimum atomic E-state index is -0.318. The van der Waals surface area contributed by atoms with Crippen molar-refractivity contribution in [1.29, 1.82) is 0 Å². The van der Waals surface area contributed by atoms with Gasteiger partial charge in [0.1, 0.15) is 12.1 Å². The van der Waals surface area contributed by atoms with E-state index >= 15 is 0 Å². The molecular weight excluding hydrogens is 390 g/mol. The van der Waals surface area contributed by atoms with Gasteiger partial charge in [0.2, 0.25) is 5.91 Å². The number of amides is 1. The van der Waals surface area contributed by atoms with Crippen LogP contribution in [0, 0.1) is 23.2 Å². The van der Waals surface area contributed by atoms with Crippen molar-refractivity contribution in [3.63, 3.8) is 0 Å². The first kappa shape index (κ1) is 19.9. The number of aliphatic hydroxyl groups excluding tert-OH is 1. The van der Waals surface area contributed by atoms with Crippen LogP contribution in [-0.2, 0) is 17.8 Å². The SMILES string of the molecule is O=C([C@@H]1CCCN1)N1CCc2c(ncnc2NCC(O)C23CC4CC(CC(C4)C2)C3)C1. The van der Waals surface area contributed by atoms with Gasteiger partial charge in [-0.1, -0.05) is 0 Å². The monoisotopic (exact) mass is 425 g/mol. The molecule has 168 valence electrons. The average molecular weight is 426 g/mol. The van der Waals surface area contributed by atoms with Gasteiger partial charge in [-0.05, 0) is 87.5 Å². The zero-order chi connectivity index (χ0) is 21.0. The highest BCUT2D eigenvalue weighted by atomic mass is 16.3. The molecule has 7 rings (SSSR count). The van der Waals surface area contributed by atoms with Crippen molar-refractivity contribution in [2.45, 2.75) is 76.5 Å². The van der Waals surface area contributed by atoms with Crippen LogP contribution in [-0.4, -0.2) is 57.7 Å². The number of hydrogen-bond donors (Lipinski definition) is 3.